The van der Waals surface area contributed by atoms with E-state index in [0.717, 1.165) is 25.7 Å². The first-order chi connectivity index (χ1) is 10.7. The summed E-state index contributed by atoms with van der Waals surface area (Å²) in [6, 6.07) is 0. The van der Waals surface area contributed by atoms with Gasteiger partial charge in [0.2, 0.25) is 0 Å². The van der Waals surface area contributed by atoms with Crippen molar-refractivity contribution in [3.8, 4) is 0 Å². The lowest BCUT2D eigenvalue weighted by Crippen LogP contribution is -2.29. The van der Waals surface area contributed by atoms with Crippen LogP contribution in [0.1, 0.15) is 50.8 Å². The maximum Gasteiger partial charge on any atom is 0.351 e. The van der Waals surface area contributed by atoms with Crippen LogP contribution in [-0.4, -0.2) is 34.0 Å². The highest BCUT2D eigenvalue weighted by molar-refractivity contribution is 5.36. The number of unbranched alkanes of at least 4 members (excludes halogenated alkanes) is 2. The van der Waals surface area contributed by atoms with Gasteiger partial charge < -0.3 is 20.3 Å². The summed E-state index contributed by atoms with van der Waals surface area (Å²) in [5.41, 5.74) is 6.05. The second-order valence-corrected chi connectivity index (χ2v) is 5.57. The summed E-state index contributed by atoms with van der Waals surface area (Å²) >= 11 is 0. The highest BCUT2D eigenvalue weighted by Gasteiger charge is 2.27. The summed E-state index contributed by atoms with van der Waals surface area (Å²) in [4.78, 5) is 15.8. The third-order valence-corrected chi connectivity index (χ3v) is 3.81. The van der Waals surface area contributed by atoms with E-state index in [0.29, 0.717) is 25.2 Å². The second-order valence-electron chi connectivity index (χ2n) is 5.57. The molecule has 0 bridgehead atoms. The van der Waals surface area contributed by atoms with E-state index < -0.39 is 11.9 Å². The Kier molecular flexibility index (Phi) is 6.35. The number of anilines is 1. The lowest BCUT2D eigenvalue weighted by molar-refractivity contribution is -0.0248. The van der Waals surface area contributed by atoms with Gasteiger partial charge in [-0.1, -0.05) is 19.8 Å². The molecule has 1 aliphatic heterocycles. The Labute approximate surface area is 130 Å². The summed E-state index contributed by atoms with van der Waals surface area (Å²) < 4.78 is 12.6. The summed E-state index contributed by atoms with van der Waals surface area (Å²) in [7, 11) is 0. The number of nitrogen functional groups attached to an aromatic ring is 1. The molecule has 0 radical (unpaired) electrons. The minimum absolute atomic E-state index is 0.0406. The van der Waals surface area contributed by atoms with Gasteiger partial charge in [-0.2, -0.15) is 4.98 Å². The summed E-state index contributed by atoms with van der Waals surface area (Å²) in [6.07, 6.45) is 5.73. The highest BCUT2D eigenvalue weighted by Crippen LogP contribution is 2.27. The third-order valence-electron chi connectivity index (χ3n) is 3.81. The molecule has 1 aromatic rings. The fourth-order valence-corrected chi connectivity index (χ4v) is 2.50. The van der Waals surface area contributed by atoms with Crippen LogP contribution in [0.25, 0.3) is 0 Å². The molecule has 0 aromatic carbocycles. The van der Waals surface area contributed by atoms with Crippen LogP contribution in [0.3, 0.4) is 0 Å². The molecule has 7 nitrogen and oxygen atoms in total. The van der Waals surface area contributed by atoms with Crippen LogP contribution in [0.2, 0.25) is 0 Å². The fraction of sp³-hybridized carbons (Fsp3) is 0.733. The molecule has 0 saturated carbocycles. The Hall–Kier alpha value is -1.44. The van der Waals surface area contributed by atoms with Crippen molar-refractivity contribution in [2.75, 3.05) is 18.9 Å². The molecule has 0 unspecified atom stereocenters. The quantitative estimate of drug-likeness (QED) is 0.700. The molecule has 2 heterocycles. The van der Waals surface area contributed by atoms with Crippen LogP contribution in [0.4, 0.5) is 5.82 Å². The number of aliphatic hydroxyl groups excluding tert-OH is 1. The van der Waals surface area contributed by atoms with Crippen LogP contribution in [0.5, 0.6) is 0 Å². The molecule has 124 valence electrons. The van der Waals surface area contributed by atoms with Gasteiger partial charge in [-0.3, -0.25) is 4.57 Å². The van der Waals surface area contributed by atoms with E-state index in [1.165, 1.54) is 4.57 Å². The molecule has 0 spiro atoms. The second kappa shape index (κ2) is 8.26. The molecule has 1 aliphatic rings. The maximum absolute atomic E-state index is 12.0. The largest absolute Gasteiger partial charge is 0.394 e. The van der Waals surface area contributed by atoms with Gasteiger partial charge in [-0.15, -0.1) is 0 Å². The molecule has 0 aliphatic carbocycles. The SMILES string of the molecule is CCCCCOCc1cn([C@@H]2CC[C@@H](CO)O2)c(=O)nc1N. The van der Waals surface area contributed by atoms with E-state index >= 15 is 0 Å². The van der Waals surface area contributed by atoms with E-state index in [9.17, 15) is 4.79 Å². The number of ether oxygens (including phenoxy) is 2. The van der Waals surface area contributed by atoms with Gasteiger partial charge in [0.1, 0.15) is 12.0 Å². The first-order valence-electron chi connectivity index (χ1n) is 7.87. The highest BCUT2D eigenvalue weighted by atomic mass is 16.5. The average molecular weight is 311 g/mol. The van der Waals surface area contributed by atoms with Crippen LogP contribution in [-0.2, 0) is 16.1 Å². The topological polar surface area (TPSA) is 99.6 Å². The molecular weight excluding hydrogens is 286 g/mol. The van der Waals surface area contributed by atoms with Gasteiger partial charge in [-0.25, -0.2) is 4.79 Å². The Morgan fingerprint density at radius 1 is 1.50 bits per heavy atom. The number of nitrogens with two attached hydrogens (primary N) is 1. The molecule has 2 rings (SSSR count). The number of aliphatic hydroxyl groups is 1. The molecule has 1 aromatic heterocycles. The van der Waals surface area contributed by atoms with Gasteiger partial charge in [-0.05, 0) is 19.3 Å². The van der Waals surface area contributed by atoms with Crippen LogP contribution >= 0.6 is 0 Å². The predicted octanol–water partition coefficient (Wildman–Crippen LogP) is 1.20. The van der Waals surface area contributed by atoms with Gasteiger partial charge in [0, 0.05) is 18.4 Å². The predicted molar refractivity (Wildman–Crippen MR) is 82.3 cm³/mol. The first kappa shape index (κ1) is 16.9. The summed E-state index contributed by atoms with van der Waals surface area (Å²) in [5.74, 6) is 0.202. The van der Waals surface area contributed by atoms with Gasteiger partial charge in [0.05, 0.1) is 19.3 Å². The zero-order chi connectivity index (χ0) is 15.9. The van der Waals surface area contributed by atoms with Crippen LogP contribution in [0.15, 0.2) is 11.0 Å². The molecule has 0 amide bonds. The first-order valence-corrected chi connectivity index (χ1v) is 7.87. The molecule has 3 N–H and O–H groups in total. The van der Waals surface area contributed by atoms with Crippen molar-refractivity contribution in [3.05, 3.63) is 22.2 Å². The zero-order valence-corrected chi connectivity index (χ0v) is 13.0. The van der Waals surface area contributed by atoms with Crippen molar-refractivity contribution in [2.45, 2.75) is 58.0 Å². The van der Waals surface area contributed by atoms with Crippen molar-refractivity contribution in [2.24, 2.45) is 0 Å². The maximum atomic E-state index is 12.0. The van der Waals surface area contributed by atoms with Crippen LogP contribution < -0.4 is 11.4 Å². The normalized spacial score (nSPS) is 21.4. The average Bonchev–Trinajstić information content (AvgIpc) is 2.97. The standard InChI is InChI=1S/C15H25N3O4/c1-2-3-4-7-21-10-11-8-18(15(20)17-14(11)16)13-6-5-12(9-19)22-13/h8,12-13,19H,2-7,9-10H2,1H3,(H2,16,17,20)/t12-,13-/m0/s1. The van der Waals surface area contributed by atoms with Crippen molar-refractivity contribution in [1.82, 2.24) is 9.55 Å². The Bertz CT molecular complexity index is 532. The summed E-state index contributed by atoms with van der Waals surface area (Å²) in [6.45, 7) is 3.10. The number of hydrogen-bond acceptors (Lipinski definition) is 6. The molecule has 2 atom stereocenters. The molecule has 7 heteroatoms. The van der Waals surface area contributed by atoms with Crippen molar-refractivity contribution < 1.29 is 14.6 Å². The Morgan fingerprint density at radius 2 is 2.32 bits per heavy atom. The monoisotopic (exact) mass is 311 g/mol. The molecule has 1 fully saturated rings. The summed E-state index contributed by atoms with van der Waals surface area (Å²) in [5, 5.41) is 9.12. The number of rotatable bonds is 8. The lowest BCUT2D eigenvalue weighted by atomic mass is 10.2. The van der Waals surface area contributed by atoms with E-state index in [2.05, 4.69) is 11.9 Å². The number of hydrogen-bond donors (Lipinski definition) is 2. The Morgan fingerprint density at radius 3 is 3.00 bits per heavy atom. The molecular formula is C15H25N3O4. The number of nitrogens with zero attached hydrogens (tertiary/aromatic N) is 2. The molecule has 22 heavy (non-hydrogen) atoms. The van der Waals surface area contributed by atoms with E-state index in [-0.39, 0.29) is 18.5 Å². The van der Waals surface area contributed by atoms with Gasteiger partial charge >= 0.3 is 5.69 Å². The Balaban J connectivity index is 2.02. The van der Waals surface area contributed by atoms with Gasteiger partial charge in [0.15, 0.2) is 0 Å². The van der Waals surface area contributed by atoms with E-state index in [1.807, 2.05) is 0 Å². The number of aromatic nitrogens is 2. The minimum atomic E-state index is -0.434. The van der Waals surface area contributed by atoms with E-state index in [1.54, 1.807) is 6.20 Å². The van der Waals surface area contributed by atoms with Crippen molar-refractivity contribution in [1.29, 1.82) is 0 Å². The lowest BCUT2D eigenvalue weighted by Gasteiger charge is -2.16. The zero-order valence-electron chi connectivity index (χ0n) is 13.0. The van der Waals surface area contributed by atoms with Gasteiger partial charge in [0.25, 0.3) is 0 Å². The molecule has 1 saturated heterocycles. The smallest absolute Gasteiger partial charge is 0.351 e. The fourth-order valence-electron chi connectivity index (χ4n) is 2.50. The minimum Gasteiger partial charge on any atom is -0.394 e. The van der Waals surface area contributed by atoms with Crippen molar-refractivity contribution in [3.63, 3.8) is 0 Å². The van der Waals surface area contributed by atoms with Crippen molar-refractivity contribution >= 4 is 5.82 Å². The van der Waals surface area contributed by atoms with E-state index in [4.69, 9.17) is 20.3 Å². The van der Waals surface area contributed by atoms with Crippen LogP contribution in [0, 0.1) is 0 Å². The third kappa shape index (κ3) is 4.28.